The molecule has 2 aliphatic heterocycles. The van der Waals surface area contributed by atoms with E-state index in [1.54, 1.807) is 39.0 Å². The Morgan fingerprint density at radius 3 is 1.42 bits per heavy atom. The molecule has 0 radical (unpaired) electrons. The number of aromatic nitrogens is 4. The zero-order valence-electron chi connectivity index (χ0n) is 36.7. The number of hydrogen-bond acceptors (Lipinski definition) is 6. The molecular weight excluding hydrogens is 811 g/mol. The second-order valence-electron chi connectivity index (χ2n) is 17.0. The van der Waals surface area contributed by atoms with Crippen molar-refractivity contribution in [3.05, 3.63) is 165 Å². The number of methoxy groups -OCH3 is 2. The maximum Gasteiger partial charge on any atom is 0.250 e. The summed E-state index contributed by atoms with van der Waals surface area (Å²) in [4.78, 5) is 39.2. The lowest BCUT2D eigenvalue weighted by molar-refractivity contribution is -0.131. The average molecular weight is 863 g/mol. The molecule has 2 amide bonds. The monoisotopic (exact) mass is 862 g/mol. The van der Waals surface area contributed by atoms with Gasteiger partial charge in [-0.15, -0.1) is 0 Å². The minimum Gasteiger partial charge on any atom is -0.495 e. The molecule has 0 N–H and O–H groups in total. The first kappa shape index (κ1) is 42.5. The molecule has 2 atom stereocenters. The van der Waals surface area contributed by atoms with Crippen molar-refractivity contribution in [3.63, 3.8) is 0 Å². The van der Waals surface area contributed by atoms with Gasteiger partial charge in [0.05, 0.1) is 61.7 Å². The van der Waals surface area contributed by atoms with E-state index in [0.717, 1.165) is 130 Å². The third kappa shape index (κ3) is 8.61. The highest BCUT2D eigenvalue weighted by molar-refractivity contribution is 5.99. The molecule has 328 valence electrons. The predicted molar refractivity (Wildman–Crippen MR) is 242 cm³/mol. The molecule has 2 aromatic heterocycles. The van der Waals surface area contributed by atoms with E-state index < -0.39 is 0 Å². The second-order valence-corrected chi connectivity index (χ2v) is 17.0. The molecule has 2 aliphatic carbocycles. The molecule has 2 fully saturated rings. The number of rotatable bonds is 8. The molecule has 12 heteroatoms. The van der Waals surface area contributed by atoms with Gasteiger partial charge < -0.3 is 28.4 Å². The summed E-state index contributed by atoms with van der Waals surface area (Å²) in [5.74, 6) is 1.06. The van der Waals surface area contributed by atoms with Gasteiger partial charge in [-0.3, -0.25) is 9.59 Å². The zero-order chi connectivity index (χ0) is 44.5. The van der Waals surface area contributed by atoms with Crippen molar-refractivity contribution in [3.8, 4) is 22.9 Å². The smallest absolute Gasteiger partial charge is 0.250 e. The fourth-order valence-corrected chi connectivity index (χ4v) is 9.78. The van der Waals surface area contributed by atoms with Crippen LogP contribution in [0.1, 0.15) is 95.4 Å². The van der Waals surface area contributed by atoms with Crippen LogP contribution >= 0.6 is 0 Å². The predicted octanol–water partition coefficient (Wildman–Crippen LogP) is 10.0. The molecule has 0 unspecified atom stereocenters. The quantitative estimate of drug-likeness (QED) is 0.142. The minimum absolute atomic E-state index is 0.0432. The Labute approximate surface area is 372 Å². The Kier molecular flexibility index (Phi) is 12.0. The number of imidazole rings is 2. The highest BCUT2D eigenvalue weighted by Gasteiger charge is 2.36. The van der Waals surface area contributed by atoms with Crippen molar-refractivity contribution in [2.24, 2.45) is 0 Å². The Balaban J connectivity index is 0.000000162. The Bertz CT molecular complexity index is 2620. The van der Waals surface area contributed by atoms with Crippen LogP contribution in [0.15, 0.2) is 109 Å². The summed E-state index contributed by atoms with van der Waals surface area (Å²) in [5, 5.41) is 0. The molecule has 6 aromatic rings. The molecule has 10 rings (SSSR count). The summed E-state index contributed by atoms with van der Waals surface area (Å²) >= 11 is 0. The molecule has 2 saturated heterocycles. The van der Waals surface area contributed by atoms with Crippen molar-refractivity contribution in [1.29, 1.82) is 0 Å². The van der Waals surface area contributed by atoms with Gasteiger partial charge in [0.25, 0.3) is 0 Å². The van der Waals surface area contributed by atoms with Gasteiger partial charge in [-0.2, -0.15) is 0 Å². The van der Waals surface area contributed by atoms with E-state index in [1.807, 2.05) is 106 Å². The van der Waals surface area contributed by atoms with Gasteiger partial charge in [-0.1, -0.05) is 24.3 Å². The number of carbonyl (C=O) groups excluding carboxylic acids is 2. The normalized spacial score (nSPS) is 19.5. The van der Waals surface area contributed by atoms with Gasteiger partial charge in [-0.05, 0) is 159 Å². The number of hydrogen-bond donors (Lipinski definition) is 0. The SMILES string of the molecule is COc1cc(/C=C2\CCCN([C@@H]3CCc4ccc(F)cc43)C2=O)ccc1-n1cnc(C)c1.COc1cc(/C=C2\CCCN([C@H]3CCc4ccc(F)cc43)C2=O)ccc1-n1cnc(C)c1. The first-order chi connectivity index (χ1) is 31.1. The van der Waals surface area contributed by atoms with E-state index in [1.165, 1.54) is 12.1 Å². The van der Waals surface area contributed by atoms with Gasteiger partial charge in [0.1, 0.15) is 23.1 Å². The molecule has 4 aromatic carbocycles. The molecule has 0 spiro atoms. The van der Waals surface area contributed by atoms with E-state index in [4.69, 9.17) is 9.47 Å². The molecule has 0 bridgehead atoms. The molecule has 0 saturated carbocycles. The van der Waals surface area contributed by atoms with Crippen molar-refractivity contribution in [2.75, 3.05) is 27.3 Å². The topological polar surface area (TPSA) is 94.7 Å². The summed E-state index contributed by atoms with van der Waals surface area (Å²) < 4.78 is 42.8. The van der Waals surface area contributed by atoms with Gasteiger partial charge >= 0.3 is 0 Å². The van der Waals surface area contributed by atoms with E-state index in [2.05, 4.69) is 9.97 Å². The number of likely N-dealkylation sites (tertiary alicyclic amines) is 2. The number of amides is 2. The van der Waals surface area contributed by atoms with E-state index >= 15 is 0 Å². The van der Waals surface area contributed by atoms with Gasteiger partial charge in [0, 0.05) is 36.6 Å². The van der Waals surface area contributed by atoms with Crippen molar-refractivity contribution < 1.29 is 27.8 Å². The lowest BCUT2D eigenvalue weighted by atomic mass is 9.97. The number of piperidine rings is 2. The van der Waals surface area contributed by atoms with Crippen molar-refractivity contribution in [2.45, 2.75) is 77.3 Å². The average Bonchev–Trinajstić information content (AvgIpc) is 4.12. The van der Waals surface area contributed by atoms with Crippen LogP contribution in [-0.4, -0.2) is 68.0 Å². The first-order valence-corrected chi connectivity index (χ1v) is 22.0. The molecule has 4 aliphatic rings. The molecule has 64 heavy (non-hydrogen) atoms. The summed E-state index contributed by atoms with van der Waals surface area (Å²) in [6, 6.07) is 21.7. The lowest BCUT2D eigenvalue weighted by Crippen LogP contribution is -2.39. The molecular formula is C52H52F2N6O4. The number of halogens is 2. The zero-order valence-corrected chi connectivity index (χ0v) is 36.7. The third-order valence-electron chi connectivity index (χ3n) is 12.9. The van der Waals surface area contributed by atoms with Crippen LogP contribution in [0.25, 0.3) is 23.5 Å². The minimum atomic E-state index is -0.240. The third-order valence-corrected chi connectivity index (χ3v) is 12.9. The first-order valence-electron chi connectivity index (χ1n) is 22.0. The Morgan fingerprint density at radius 2 is 1.03 bits per heavy atom. The van der Waals surface area contributed by atoms with E-state index in [9.17, 15) is 18.4 Å². The summed E-state index contributed by atoms with van der Waals surface area (Å²) in [7, 11) is 3.29. The fourth-order valence-electron chi connectivity index (χ4n) is 9.78. The van der Waals surface area contributed by atoms with Gasteiger partial charge in [0.2, 0.25) is 11.8 Å². The highest BCUT2D eigenvalue weighted by atomic mass is 19.1. The van der Waals surface area contributed by atoms with Crippen LogP contribution in [0.4, 0.5) is 8.78 Å². The Morgan fingerprint density at radius 1 is 0.594 bits per heavy atom. The maximum atomic E-state index is 13.9. The van der Waals surface area contributed by atoms with Crippen LogP contribution in [0.5, 0.6) is 11.5 Å². The van der Waals surface area contributed by atoms with Crippen molar-refractivity contribution in [1.82, 2.24) is 28.9 Å². The van der Waals surface area contributed by atoms with Crippen LogP contribution < -0.4 is 9.47 Å². The summed E-state index contributed by atoms with van der Waals surface area (Å²) in [6.07, 6.45) is 18.1. The number of fused-ring (bicyclic) bond motifs is 2. The number of aryl methyl sites for hydroxylation is 4. The second kappa shape index (κ2) is 18.1. The van der Waals surface area contributed by atoms with Crippen molar-refractivity contribution >= 4 is 24.0 Å². The Hall–Kier alpha value is -6.82. The lowest BCUT2D eigenvalue weighted by Gasteiger charge is -2.34. The molecule has 4 heterocycles. The largest absolute Gasteiger partial charge is 0.495 e. The summed E-state index contributed by atoms with van der Waals surface area (Å²) in [5.41, 5.74) is 11.3. The van der Waals surface area contributed by atoms with Crippen LogP contribution in [0, 0.1) is 25.5 Å². The van der Waals surface area contributed by atoms with E-state index in [0.29, 0.717) is 13.1 Å². The fraction of sp³-hybridized carbons (Fsp3) is 0.308. The van der Waals surface area contributed by atoms with Crippen LogP contribution in [0.2, 0.25) is 0 Å². The highest BCUT2D eigenvalue weighted by Crippen LogP contribution is 2.41. The van der Waals surface area contributed by atoms with Crippen LogP contribution in [0.3, 0.4) is 0 Å². The molecule has 10 nitrogen and oxygen atoms in total. The number of ether oxygens (including phenoxy) is 2. The van der Waals surface area contributed by atoms with Gasteiger partial charge in [-0.25, -0.2) is 18.7 Å². The van der Waals surface area contributed by atoms with Crippen LogP contribution in [-0.2, 0) is 22.4 Å². The maximum absolute atomic E-state index is 13.9. The standard InChI is InChI=1S/2C26H26FN3O2/c2*1-17-15-29(16-28-17)24-9-5-18(13-25(24)32-2)12-20-4-3-11-30(26(20)31)23-10-7-19-6-8-21(27)14-22(19)23/h2*5-6,8-9,12-16,23H,3-4,7,10-11H2,1-2H3/b2*20-12+/t2*23-/m10/s1. The number of carbonyl (C=O) groups is 2. The summed E-state index contributed by atoms with van der Waals surface area (Å²) in [6.45, 7) is 5.30. The van der Waals surface area contributed by atoms with E-state index in [-0.39, 0.29) is 35.5 Å². The van der Waals surface area contributed by atoms with Gasteiger partial charge in [0.15, 0.2) is 0 Å². The number of nitrogens with zero attached hydrogens (tertiary/aromatic N) is 6. The number of benzene rings is 4.